The van der Waals surface area contributed by atoms with Crippen LogP contribution in [0.3, 0.4) is 0 Å². The van der Waals surface area contributed by atoms with E-state index in [1.54, 1.807) is 23.5 Å². The third-order valence-electron chi connectivity index (χ3n) is 4.31. The number of benzene rings is 1. The zero-order valence-corrected chi connectivity index (χ0v) is 13.5. The monoisotopic (exact) mass is 335 g/mol. The molecule has 3 heterocycles. The van der Waals surface area contributed by atoms with Gasteiger partial charge in [-0.25, -0.2) is 4.39 Å². The molecule has 1 unspecified atom stereocenters. The van der Waals surface area contributed by atoms with E-state index in [2.05, 4.69) is 15.1 Å². The molecule has 23 heavy (non-hydrogen) atoms. The van der Waals surface area contributed by atoms with Gasteiger partial charge in [0.1, 0.15) is 16.4 Å². The van der Waals surface area contributed by atoms with Crippen molar-refractivity contribution in [2.24, 2.45) is 0 Å². The summed E-state index contributed by atoms with van der Waals surface area (Å²) >= 11 is 1.59. The van der Waals surface area contributed by atoms with E-state index in [0.29, 0.717) is 19.6 Å². The van der Waals surface area contributed by atoms with Gasteiger partial charge in [-0.15, -0.1) is 10.2 Å². The molecule has 4 rings (SSSR count). The first kappa shape index (κ1) is 15.0. The van der Waals surface area contributed by atoms with Crippen LogP contribution in [0.5, 0.6) is 0 Å². The largest absolute Gasteiger partial charge is 0.378 e. The van der Waals surface area contributed by atoms with E-state index in [4.69, 9.17) is 9.47 Å². The van der Waals surface area contributed by atoms with Gasteiger partial charge in [0, 0.05) is 26.0 Å². The molecule has 0 saturated carbocycles. The number of rotatable bonds is 3. The second kappa shape index (κ2) is 6.14. The molecule has 2 aliphatic rings. The molecule has 0 N–H and O–H groups in total. The predicted octanol–water partition coefficient (Wildman–Crippen LogP) is 2.26. The van der Waals surface area contributed by atoms with Crippen molar-refractivity contribution in [2.75, 3.05) is 37.8 Å². The van der Waals surface area contributed by atoms with Crippen LogP contribution in [0, 0.1) is 5.82 Å². The number of hydrogen-bond acceptors (Lipinski definition) is 6. The van der Waals surface area contributed by atoms with Crippen molar-refractivity contribution >= 4 is 16.5 Å². The summed E-state index contributed by atoms with van der Waals surface area (Å²) in [5.74, 6) is -0.218. The lowest BCUT2D eigenvalue weighted by Gasteiger charge is -2.39. The summed E-state index contributed by atoms with van der Waals surface area (Å²) in [6.07, 6.45) is 1.61. The molecule has 0 amide bonds. The first-order valence-corrected chi connectivity index (χ1v) is 8.58. The summed E-state index contributed by atoms with van der Waals surface area (Å²) in [6, 6.07) is 6.53. The highest BCUT2D eigenvalue weighted by molar-refractivity contribution is 7.15. The number of morpholine rings is 1. The Bertz CT molecular complexity index is 670. The molecule has 5 nitrogen and oxygen atoms in total. The first-order chi connectivity index (χ1) is 11.2. The van der Waals surface area contributed by atoms with Crippen LogP contribution in [0.25, 0.3) is 0 Å². The molecule has 2 saturated heterocycles. The van der Waals surface area contributed by atoms with Crippen molar-refractivity contribution in [2.45, 2.75) is 18.4 Å². The highest BCUT2D eigenvalue weighted by Crippen LogP contribution is 2.31. The van der Waals surface area contributed by atoms with Gasteiger partial charge in [-0.3, -0.25) is 0 Å². The van der Waals surface area contributed by atoms with E-state index < -0.39 is 0 Å². The maximum absolute atomic E-state index is 13.0. The summed E-state index contributed by atoms with van der Waals surface area (Å²) in [4.78, 5) is 2.24. The molecular weight excluding hydrogens is 317 g/mol. The molecule has 1 aromatic heterocycles. The third-order valence-corrected chi connectivity index (χ3v) is 5.29. The van der Waals surface area contributed by atoms with Crippen molar-refractivity contribution in [3.8, 4) is 0 Å². The number of anilines is 1. The summed E-state index contributed by atoms with van der Waals surface area (Å²) in [7, 11) is 0. The van der Waals surface area contributed by atoms with Crippen molar-refractivity contribution in [1.29, 1.82) is 0 Å². The number of ether oxygens (including phenoxy) is 2. The number of nitrogens with zero attached hydrogens (tertiary/aromatic N) is 3. The molecule has 7 heteroatoms. The quantitative estimate of drug-likeness (QED) is 0.861. The second-order valence-electron chi connectivity index (χ2n) is 6.04. The normalized spacial score (nSPS) is 24.5. The Morgan fingerprint density at radius 2 is 2.09 bits per heavy atom. The Balaban J connectivity index is 1.46. The van der Waals surface area contributed by atoms with Crippen molar-refractivity contribution in [3.05, 3.63) is 40.7 Å². The fourth-order valence-corrected chi connectivity index (χ4v) is 3.95. The van der Waals surface area contributed by atoms with Gasteiger partial charge in [-0.05, 0) is 17.7 Å². The van der Waals surface area contributed by atoms with Gasteiger partial charge in [0.15, 0.2) is 0 Å². The van der Waals surface area contributed by atoms with E-state index in [9.17, 15) is 4.39 Å². The highest BCUT2D eigenvalue weighted by Gasteiger charge is 2.41. The van der Waals surface area contributed by atoms with Crippen LogP contribution in [0.4, 0.5) is 9.52 Å². The Morgan fingerprint density at radius 1 is 1.22 bits per heavy atom. The van der Waals surface area contributed by atoms with Crippen LogP contribution in [-0.4, -0.2) is 48.7 Å². The Labute approximate surface area is 138 Å². The summed E-state index contributed by atoms with van der Waals surface area (Å²) in [6.45, 7) is 3.74. The van der Waals surface area contributed by atoms with Gasteiger partial charge in [0.05, 0.1) is 19.8 Å². The number of hydrogen-bond donors (Lipinski definition) is 0. The van der Waals surface area contributed by atoms with Gasteiger partial charge in [-0.2, -0.15) is 0 Å². The first-order valence-electron chi connectivity index (χ1n) is 7.76. The molecule has 2 aromatic rings. The van der Waals surface area contributed by atoms with E-state index in [1.165, 1.54) is 12.1 Å². The molecule has 0 bridgehead atoms. The van der Waals surface area contributed by atoms with E-state index in [1.807, 2.05) is 0 Å². The lowest BCUT2D eigenvalue weighted by molar-refractivity contribution is -0.0579. The van der Waals surface area contributed by atoms with Gasteiger partial charge in [0.25, 0.3) is 0 Å². The SMILES string of the molecule is Fc1ccc(Cc2nnc(N3CCOC4(CCOC4)C3)s2)cc1. The molecule has 1 atom stereocenters. The Kier molecular flexibility index (Phi) is 4.00. The van der Waals surface area contributed by atoms with Crippen LogP contribution in [0.15, 0.2) is 24.3 Å². The zero-order chi connectivity index (χ0) is 15.7. The lowest BCUT2D eigenvalue weighted by Crippen LogP contribution is -2.52. The minimum Gasteiger partial charge on any atom is -0.378 e. The molecule has 0 radical (unpaired) electrons. The number of halogens is 1. The maximum atomic E-state index is 13.0. The van der Waals surface area contributed by atoms with Crippen molar-refractivity contribution < 1.29 is 13.9 Å². The molecule has 2 fully saturated rings. The van der Waals surface area contributed by atoms with Gasteiger partial charge in [-0.1, -0.05) is 23.5 Å². The average molecular weight is 335 g/mol. The van der Waals surface area contributed by atoms with Crippen LogP contribution >= 0.6 is 11.3 Å². The minimum atomic E-state index is -0.218. The minimum absolute atomic E-state index is 0.180. The molecule has 0 aliphatic carbocycles. The van der Waals surface area contributed by atoms with E-state index in [0.717, 1.165) is 41.8 Å². The maximum Gasteiger partial charge on any atom is 0.208 e. The van der Waals surface area contributed by atoms with Crippen molar-refractivity contribution in [3.63, 3.8) is 0 Å². The molecular formula is C16H18FN3O2S. The molecule has 2 aliphatic heterocycles. The van der Waals surface area contributed by atoms with E-state index >= 15 is 0 Å². The number of aromatic nitrogens is 2. The van der Waals surface area contributed by atoms with E-state index in [-0.39, 0.29) is 11.4 Å². The average Bonchev–Trinajstić information content (AvgIpc) is 3.20. The van der Waals surface area contributed by atoms with Crippen molar-refractivity contribution in [1.82, 2.24) is 10.2 Å². The second-order valence-corrected chi connectivity index (χ2v) is 7.08. The van der Waals surface area contributed by atoms with Gasteiger partial charge >= 0.3 is 0 Å². The Hall–Kier alpha value is -1.57. The molecule has 1 spiro atoms. The third kappa shape index (κ3) is 3.22. The van der Waals surface area contributed by atoms with Gasteiger partial charge < -0.3 is 14.4 Å². The van der Waals surface area contributed by atoms with Gasteiger partial charge in [0.2, 0.25) is 5.13 Å². The Morgan fingerprint density at radius 3 is 2.87 bits per heavy atom. The molecule has 1 aromatic carbocycles. The summed E-state index contributed by atoms with van der Waals surface area (Å²) in [5.41, 5.74) is 0.859. The van der Waals surface area contributed by atoms with Crippen LogP contribution in [0.1, 0.15) is 17.0 Å². The summed E-state index contributed by atoms with van der Waals surface area (Å²) < 4.78 is 24.4. The van der Waals surface area contributed by atoms with Crippen LogP contribution in [0.2, 0.25) is 0 Å². The van der Waals surface area contributed by atoms with Crippen LogP contribution < -0.4 is 4.90 Å². The fraction of sp³-hybridized carbons (Fsp3) is 0.500. The van der Waals surface area contributed by atoms with Crippen LogP contribution in [-0.2, 0) is 15.9 Å². The fourth-order valence-electron chi connectivity index (χ4n) is 3.06. The predicted molar refractivity (Wildman–Crippen MR) is 85.4 cm³/mol. The smallest absolute Gasteiger partial charge is 0.208 e. The summed E-state index contributed by atoms with van der Waals surface area (Å²) in [5, 5.41) is 10.5. The zero-order valence-electron chi connectivity index (χ0n) is 12.7. The molecule has 122 valence electrons. The lowest BCUT2D eigenvalue weighted by atomic mass is 10.0. The standard InChI is InChI=1S/C16H18FN3O2S/c17-13-3-1-12(2-4-13)9-14-18-19-15(23-14)20-6-8-22-16(10-20)5-7-21-11-16/h1-4H,5-11H2. The highest BCUT2D eigenvalue weighted by atomic mass is 32.1. The topological polar surface area (TPSA) is 47.5 Å².